The molecule has 2 aliphatic rings. The number of para-hydroxylation sites is 1. The van der Waals surface area contributed by atoms with Crippen molar-refractivity contribution < 1.29 is 19.1 Å². The molecule has 8 heteroatoms. The summed E-state index contributed by atoms with van der Waals surface area (Å²) < 4.78 is 5.23. The first-order chi connectivity index (χ1) is 12.5. The van der Waals surface area contributed by atoms with Crippen LogP contribution in [0.1, 0.15) is 19.8 Å². The van der Waals surface area contributed by atoms with Crippen molar-refractivity contribution in [3.63, 3.8) is 0 Å². The van der Waals surface area contributed by atoms with Gasteiger partial charge < -0.3 is 14.5 Å². The number of carbonyl (C=O) groups excluding carboxylic acids is 3. The monoisotopic (exact) mass is 358 g/mol. The van der Waals surface area contributed by atoms with Crippen LogP contribution >= 0.6 is 0 Å². The van der Waals surface area contributed by atoms with Crippen molar-refractivity contribution in [2.24, 2.45) is 5.10 Å². The Morgan fingerprint density at radius 1 is 1.12 bits per heavy atom. The second kappa shape index (κ2) is 7.99. The fraction of sp³-hybridized carbons (Fsp3) is 0.444. The lowest BCUT2D eigenvalue weighted by molar-refractivity contribution is -0.154. The summed E-state index contributed by atoms with van der Waals surface area (Å²) in [6, 6.07) is 10.0. The van der Waals surface area contributed by atoms with E-state index in [1.807, 2.05) is 30.3 Å². The predicted octanol–water partition coefficient (Wildman–Crippen LogP) is 0.533. The number of piperazine rings is 1. The zero-order chi connectivity index (χ0) is 18.5. The Morgan fingerprint density at radius 2 is 1.81 bits per heavy atom. The number of rotatable bonds is 4. The maximum atomic E-state index is 12.5. The molecule has 138 valence electrons. The van der Waals surface area contributed by atoms with Gasteiger partial charge in [0.25, 0.3) is 5.91 Å². The van der Waals surface area contributed by atoms with E-state index >= 15 is 0 Å². The van der Waals surface area contributed by atoms with E-state index in [0.29, 0.717) is 13.1 Å². The highest BCUT2D eigenvalue weighted by molar-refractivity contribution is 6.37. The number of nitrogens with one attached hydrogen (secondary N) is 1. The average molecular weight is 358 g/mol. The fourth-order valence-electron chi connectivity index (χ4n) is 2.98. The van der Waals surface area contributed by atoms with E-state index in [1.54, 1.807) is 11.8 Å². The van der Waals surface area contributed by atoms with E-state index in [0.717, 1.165) is 18.8 Å². The second-order valence-electron chi connectivity index (χ2n) is 6.29. The highest BCUT2D eigenvalue weighted by atomic mass is 16.5. The van der Waals surface area contributed by atoms with Crippen LogP contribution in [0.15, 0.2) is 35.4 Å². The zero-order valence-electron chi connectivity index (χ0n) is 14.7. The van der Waals surface area contributed by atoms with Gasteiger partial charge in [0.1, 0.15) is 5.71 Å². The van der Waals surface area contributed by atoms with E-state index in [2.05, 4.69) is 15.4 Å². The summed E-state index contributed by atoms with van der Waals surface area (Å²) in [5.41, 5.74) is 3.52. The molecular formula is C18H22N4O4. The number of benzene rings is 1. The SMILES string of the molecule is C[C@@H](OC(=O)C1=NNC(=O)CC1)C(=O)N1CCN(c2ccccc2)CC1. The lowest BCUT2D eigenvalue weighted by Gasteiger charge is -2.37. The number of esters is 1. The maximum Gasteiger partial charge on any atom is 0.355 e. The number of nitrogens with zero attached hydrogens (tertiary/aromatic N) is 3. The normalized spacial score (nSPS) is 18.7. The summed E-state index contributed by atoms with van der Waals surface area (Å²) in [6.45, 7) is 4.18. The Bertz CT molecular complexity index is 711. The van der Waals surface area contributed by atoms with Gasteiger partial charge in [-0.05, 0) is 19.1 Å². The van der Waals surface area contributed by atoms with Gasteiger partial charge in [-0.3, -0.25) is 9.59 Å². The van der Waals surface area contributed by atoms with E-state index < -0.39 is 12.1 Å². The van der Waals surface area contributed by atoms with Crippen LogP contribution in [0.4, 0.5) is 5.69 Å². The van der Waals surface area contributed by atoms with Gasteiger partial charge >= 0.3 is 5.97 Å². The standard InChI is InChI=1S/C18H22N4O4/c1-13(26-18(25)15-7-8-16(23)20-19-15)17(24)22-11-9-21(10-12-22)14-5-3-2-4-6-14/h2-6,13H,7-12H2,1H3,(H,20,23)/t13-/m1/s1. The summed E-state index contributed by atoms with van der Waals surface area (Å²) in [5.74, 6) is -1.11. The highest BCUT2D eigenvalue weighted by Crippen LogP contribution is 2.16. The fourth-order valence-corrected chi connectivity index (χ4v) is 2.98. The van der Waals surface area contributed by atoms with Crippen molar-refractivity contribution in [1.82, 2.24) is 10.3 Å². The number of carbonyl (C=O) groups is 3. The Kier molecular flexibility index (Phi) is 5.50. The van der Waals surface area contributed by atoms with Gasteiger partial charge in [0.05, 0.1) is 0 Å². The summed E-state index contributed by atoms with van der Waals surface area (Å²) in [5, 5.41) is 3.69. The molecule has 0 spiro atoms. The van der Waals surface area contributed by atoms with Crippen molar-refractivity contribution in [2.45, 2.75) is 25.9 Å². The van der Waals surface area contributed by atoms with Crippen molar-refractivity contribution in [3.8, 4) is 0 Å². The number of amides is 2. The molecule has 0 aliphatic carbocycles. The minimum atomic E-state index is -0.883. The van der Waals surface area contributed by atoms with Crippen molar-refractivity contribution in [2.75, 3.05) is 31.1 Å². The topological polar surface area (TPSA) is 91.3 Å². The Morgan fingerprint density at radius 3 is 2.42 bits per heavy atom. The van der Waals surface area contributed by atoms with E-state index in [-0.39, 0.29) is 30.4 Å². The molecule has 0 unspecified atom stereocenters. The third kappa shape index (κ3) is 4.19. The van der Waals surface area contributed by atoms with Gasteiger partial charge in [-0.1, -0.05) is 18.2 Å². The van der Waals surface area contributed by atoms with Crippen molar-refractivity contribution in [1.29, 1.82) is 0 Å². The van der Waals surface area contributed by atoms with Crippen molar-refractivity contribution in [3.05, 3.63) is 30.3 Å². The Labute approximate surface area is 151 Å². The lowest BCUT2D eigenvalue weighted by Crippen LogP contribution is -2.52. The molecule has 8 nitrogen and oxygen atoms in total. The van der Waals surface area contributed by atoms with Crippen LogP contribution in [0.5, 0.6) is 0 Å². The third-order valence-corrected chi connectivity index (χ3v) is 4.48. The first kappa shape index (κ1) is 17.9. The van der Waals surface area contributed by atoms with Gasteiger partial charge in [0, 0.05) is 44.7 Å². The summed E-state index contributed by atoms with van der Waals surface area (Å²) in [6.07, 6.45) is -0.468. The first-order valence-corrected chi connectivity index (χ1v) is 8.70. The highest BCUT2D eigenvalue weighted by Gasteiger charge is 2.29. The zero-order valence-corrected chi connectivity index (χ0v) is 14.7. The molecular weight excluding hydrogens is 336 g/mol. The molecule has 0 aromatic heterocycles. The quantitative estimate of drug-likeness (QED) is 0.793. The minimum absolute atomic E-state index is 0.137. The molecule has 1 atom stereocenters. The average Bonchev–Trinajstić information content (AvgIpc) is 2.68. The molecule has 1 aromatic rings. The van der Waals surface area contributed by atoms with Gasteiger partial charge in [0.2, 0.25) is 5.91 Å². The molecule has 0 saturated carbocycles. The lowest BCUT2D eigenvalue weighted by atomic mass is 10.2. The molecule has 2 aliphatic heterocycles. The summed E-state index contributed by atoms with van der Waals surface area (Å²) in [4.78, 5) is 39.6. The predicted molar refractivity (Wildman–Crippen MR) is 95.6 cm³/mol. The first-order valence-electron chi connectivity index (χ1n) is 8.70. The van der Waals surface area contributed by atoms with Crippen LogP contribution in [0.25, 0.3) is 0 Å². The number of hydrogen-bond donors (Lipinski definition) is 1. The van der Waals surface area contributed by atoms with Crippen LogP contribution < -0.4 is 10.3 Å². The number of anilines is 1. The molecule has 1 saturated heterocycles. The number of hydrazone groups is 1. The Hall–Kier alpha value is -2.90. The molecule has 3 rings (SSSR count). The van der Waals surface area contributed by atoms with E-state index in [1.165, 1.54) is 0 Å². The van der Waals surface area contributed by atoms with Crippen LogP contribution in [0, 0.1) is 0 Å². The van der Waals surface area contributed by atoms with E-state index in [4.69, 9.17) is 4.74 Å². The van der Waals surface area contributed by atoms with Crippen LogP contribution in [-0.4, -0.2) is 60.7 Å². The molecule has 2 heterocycles. The van der Waals surface area contributed by atoms with Crippen LogP contribution in [-0.2, 0) is 19.1 Å². The number of hydrogen-bond acceptors (Lipinski definition) is 6. The molecule has 2 amide bonds. The molecule has 1 aromatic carbocycles. The second-order valence-corrected chi connectivity index (χ2v) is 6.29. The maximum absolute atomic E-state index is 12.5. The molecule has 1 fully saturated rings. The van der Waals surface area contributed by atoms with Gasteiger partial charge in [-0.15, -0.1) is 0 Å². The van der Waals surface area contributed by atoms with Crippen LogP contribution in [0.3, 0.4) is 0 Å². The van der Waals surface area contributed by atoms with Gasteiger partial charge in [-0.25, -0.2) is 10.2 Å². The summed E-state index contributed by atoms with van der Waals surface area (Å²) in [7, 11) is 0. The van der Waals surface area contributed by atoms with Gasteiger partial charge in [0.15, 0.2) is 6.10 Å². The van der Waals surface area contributed by atoms with Gasteiger partial charge in [-0.2, -0.15) is 5.10 Å². The van der Waals surface area contributed by atoms with E-state index in [9.17, 15) is 14.4 Å². The van der Waals surface area contributed by atoms with Crippen molar-refractivity contribution >= 4 is 29.2 Å². The molecule has 1 N–H and O–H groups in total. The Balaban J connectivity index is 1.50. The summed E-state index contributed by atoms with van der Waals surface area (Å²) >= 11 is 0. The minimum Gasteiger partial charge on any atom is -0.448 e. The smallest absolute Gasteiger partial charge is 0.355 e. The third-order valence-electron chi connectivity index (χ3n) is 4.48. The molecule has 0 bridgehead atoms. The molecule has 0 radical (unpaired) electrons. The molecule has 26 heavy (non-hydrogen) atoms. The van der Waals surface area contributed by atoms with Crippen LogP contribution in [0.2, 0.25) is 0 Å². The number of ether oxygens (including phenoxy) is 1. The largest absolute Gasteiger partial charge is 0.448 e.